The number of carboxylic acid groups (broad SMARTS) is 1. The van der Waals surface area contributed by atoms with Gasteiger partial charge in [-0.2, -0.15) is 0 Å². The van der Waals surface area contributed by atoms with E-state index in [-0.39, 0.29) is 17.9 Å². The van der Waals surface area contributed by atoms with Crippen molar-refractivity contribution >= 4 is 24.7 Å². The van der Waals surface area contributed by atoms with E-state index in [1.165, 1.54) is 0 Å². The van der Waals surface area contributed by atoms with Crippen LogP contribution in [0.5, 0.6) is 0 Å². The number of unbranched alkanes of at least 4 members (excludes halogenated alkanes) is 2. The smallest absolute Gasteiger partial charge is 0.328 e. The lowest BCUT2D eigenvalue weighted by Crippen LogP contribution is -2.68. The highest BCUT2D eigenvalue weighted by molar-refractivity contribution is 6.99. The minimum Gasteiger partial charge on any atom is -0.478 e. The van der Waals surface area contributed by atoms with Gasteiger partial charge in [0.05, 0.1) is 25.4 Å². The molecule has 0 heterocycles. The standard InChI is InChI=1S/C32H48O7Si/c1-26(33)15-9-6-14-20-30(29(21-22-31(34)35)38-25-37-24-23-36-5)39-40(32(2,3)4,27-16-10-7-11-17-27)28-18-12-8-13-19-28/h7-8,10-13,16-19,21-22,26,29-30,33H,6,9,14-15,20,23-25H2,1-5H3,(H,34,35)/b22-21+/t26-,29+,30+/m0/s1. The van der Waals surface area contributed by atoms with Gasteiger partial charge in [-0.05, 0) is 41.3 Å². The number of hydrogen-bond donors (Lipinski definition) is 2. The Morgan fingerprint density at radius 3 is 2.00 bits per heavy atom. The first-order chi connectivity index (χ1) is 19.1. The molecule has 0 fully saturated rings. The molecule has 0 saturated carbocycles. The van der Waals surface area contributed by atoms with Crippen LogP contribution in [0, 0.1) is 0 Å². The van der Waals surface area contributed by atoms with Crippen molar-refractivity contribution in [3.63, 3.8) is 0 Å². The molecule has 0 aliphatic heterocycles. The highest BCUT2D eigenvalue weighted by Crippen LogP contribution is 2.38. The van der Waals surface area contributed by atoms with Gasteiger partial charge < -0.3 is 28.8 Å². The van der Waals surface area contributed by atoms with E-state index in [1.807, 2.05) is 36.4 Å². The van der Waals surface area contributed by atoms with Crippen LogP contribution in [0.1, 0.15) is 59.8 Å². The second-order valence-corrected chi connectivity index (χ2v) is 15.4. The highest BCUT2D eigenvalue weighted by atomic mass is 28.4. The van der Waals surface area contributed by atoms with Crippen LogP contribution in [0.2, 0.25) is 5.04 Å². The van der Waals surface area contributed by atoms with Crippen molar-refractivity contribution in [1.82, 2.24) is 0 Å². The van der Waals surface area contributed by atoms with E-state index in [1.54, 1.807) is 20.1 Å². The zero-order valence-electron chi connectivity index (χ0n) is 24.8. The summed E-state index contributed by atoms with van der Waals surface area (Å²) >= 11 is 0. The molecule has 0 aliphatic rings. The van der Waals surface area contributed by atoms with Crippen molar-refractivity contribution in [2.45, 2.75) is 83.1 Å². The maximum Gasteiger partial charge on any atom is 0.328 e. The van der Waals surface area contributed by atoms with Crippen LogP contribution in [0.15, 0.2) is 72.8 Å². The Balaban J connectivity index is 2.54. The van der Waals surface area contributed by atoms with Gasteiger partial charge in [0.15, 0.2) is 0 Å². The van der Waals surface area contributed by atoms with Crippen LogP contribution in [0.3, 0.4) is 0 Å². The summed E-state index contributed by atoms with van der Waals surface area (Å²) in [4.78, 5) is 11.5. The molecule has 0 aromatic heterocycles. The molecule has 2 rings (SSSR count). The number of rotatable bonds is 19. The largest absolute Gasteiger partial charge is 0.478 e. The van der Waals surface area contributed by atoms with E-state index in [2.05, 4.69) is 45.0 Å². The van der Waals surface area contributed by atoms with Crippen molar-refractivity contribution in [2.24, 2.45) is 0 Å². The first kappa shape index (κ1) is 33.9. The summed E-state index contributed by atoms with van der Waals surface area (Å²) < 4.78 is 24.2. The van der Waals surface area contributed by atoms with Crippen LogP contribution in [0.25, 0.3) is 0 Å². The first-order valence-corrected chi connectivity index (χ1v) is 16.1. The molecular weight excluding hydrogens is 524 g/mol. The van der Waals surface area contributed by atoms with Gasteiger partial charge in [0.2, 0.25) is 0 Å². The Bertz CT molecular complexity index is 950. The molecule has 8 heteroatoms. The quantitative estimate of drug-likeness (QED) is 0.107. The minimum absolute atomic E-state index is 0.0133. The third-order valence-corrected chi connectivity index (χ3v) is 12.0. The fourth-order valence-corrected chi connectivity index (χ4v) is 9.68. The van der Waals surface area contributed by atoms with Gasteiger partial charge in [0.25, 0.3) is 8.32 Å². The van der Waals surface area contributed by atoms with Crippen LogP contribution >= 0.6 is 0 Å². The SMILES string of the molecule is COCCOCO[C@H](/C=C/C(=O)O)[C@@H](CCCCC[C@H](C)O)O[Si](c1ccccc1)(c1ccccc1)C(C)(C)C. The molecule has 2 N–H and O–H groups in total. The Kier molecular flexibility index (Phi) is 14.8. The van der Waals surface area contributed by atoms with Crippen LogP contribution in [0.4, 0.5) is 0 Å². The molecule has 40 heavy (non-hydrogen) atoms. The number of aliphatic hydroxyl groups is 1. The van der Waals surface area contributed by atoms with Crippen molar-refractivity contribution in [2.75, 3.05) is 27.1 Å². The lowest BCUT2D eigenvalue weighted by atomic mass is 10.0. The van der Waals surface area contributed by atoms with Gasteiger partial charge in [-0.15, -0.1) is 0 Å². The van der Waals surface area contributed by atoms with E-state index < -0.39 is 26.5 Å². The number of carbonyl (C=O) groups is 1. The average molecular weight is 573 g/mol. The molecule has 0 radical (unpaired) electrons. The maximum atomic E-state index is 11.5. The van der Waals surface area contributed by atoms with E-state index in [4.69, 9.17) is 18.6 Å². The summed E-state index contributed by atoms with van der Waals surface area (Å²) in [7, 11) is -1.34. The summed E-state index contributed by atoms with van der Waals surface area (Å²) in [6.07, 6.45) is 5.37. The Morgan fingerprint density at radius 2 is 1.50 bits per heavy atom. The third kappa shape index (κ3) is 10.6. The molecule has 0 amide bonds. The summed E-state index contributed by atoms with van der Waals surface area (Å²) in [5.41, 5.74) is 0. The normalized spacial score (nSPS) is 14.8. The van der Waals surface area contributed by atoms with Gasteiger partial charge in [0, 0.05) is 13.2 Å². The third-order valence-electron chi connectivity index (χ3n) is 6.93. The van der Waals surface area contributed by atoms with E-state index >= 15 is 0 Å². The number of aliphatic carboxylic acids is 1. The van der Waals surface area contributed by atoms with Gasteiger partial charge in [-0.3, -0.25) is 0 Å². The van der Waals surface area contributed by atoms with Gasteiger partial charge in [-0.1, -0.05) is 101 Å². The van der Waals surface area contributed by atoms with Gasteiger partial charge >= 0.3 is 5.97 Å². The van der Waals surface area contributed by atoms with Crippen molar-refractivity contribution in [3.05, 3.63) is 72.8 Å². The Labute approximate surface area is 241 Å². The molecule has 222 valence electrons. The van der Waals surface area contributed by atoms with E-state index in [0.717, 1.165) is 42.1 Å². The van der Waals surface area contributed by atoms with Crippen molar-refractivity contribution in [1.29, 1.82) is 0 Å². The molecule has 0 saturated heterocycles. The lowest BCUT2D eigenvalue weighted by Gasteiger charge is -2.46. The molecule has 2 aromatic rings. The van der Waals surface area contributed by atoms with Crippen molar-refractivity contribution in [3.8, 4) is 0 Å². The second-order valence-electron chi connectivity index (χ2n) is 11.2. The predicted molar refractivity (Wildman–Crippen MR) is 162 cm³/mol. The van der Waals surface area contributed by atoms with Crippen molar-refractivity contribution < 1.29 is 33.6 Å². The van der Waals surface area contributed by atoms with Gasteiger partial charge in [-0.25, -0.2) is 4.79 Å². The molecular formula is C32H48O7Si. The fraction of sp³-hybridized carbons (Fsp3) is 0.531. The monoisotopic (exact) mass is 572 g/mol. The summed E-state index contributed by atoms with van der Waals surface area (Å²) in [6, 6.07) is 20.8. The predicted octanol–water partition coefficient (Wildman–Crippen LogP) is 4.91. The minimum atomic E-state index is -2.94. The second kappa shape index (κ2) is 17.5. The first-order valence-electron chi connectivity index (χ1n) is 14.2. The highest BCUT2D eigenvalue weighted by Gasteiger charge is 2.52. The molecule has 0 aliphatic carbocycles. The Hall–Kier alpha value is -2.33. The van der Waals surface area contributed by atoms with Crippen LogP contribution in [-0.4, -0.2) is 69.9 Å². The zero-order chi connectivity index (χ0) is 29.4. The van der Waals surface area contributed by atoms with E-state index in [0.29, 0.717) is 19.6 Å². The number of methoxy groups -OCH3 is 1. The lowest BCUT2D eigenvalue weighted by molar-refractivity contribution is -0.131. The number of benzene rings is 2. The average Bonchev–Trinajstić information content (AvgIpc) is 2.92. The summed E-state index contributed by atoms with van der Waals surface area (Å²) in [5.74, 6) is -1.05. The van der Waals surface area contributed by atoms with Crippen LogP contribution in [-0.2, 0) is 23.4 Å². The maximum absolute atomic E-state index is 11.5. The molecule has 2 aromatic carbocycles. The Morgan fingerprint density at radius 1 is 0.925 bits per heavy atom. The summed E-state index contributed by atoms with van der Waals surface area (Å²) in [5, 5.41) is 21.2. The number of hydrogen-bond acceptors (Lipinski definition) is 6. The van der Waals surface area contributed by atoms with Crippen LogP contribution < -0.4 is 10.4 Å². The summed E-state index contributed by atoms with van der Waals surface area (Å²) in [6.45, 7) is 9.25. The number of carboxylic acids is 1. The van der Waals surface area contributed by atoms with Gasteiger partial charge in [0.1, 0.15) is 12.9 Å². The molecule has 3 atom stereocenters. The molecule has 0 spiro atoms. The molecule has 0 bridgehead atoms. The fourth-order valence-electron chi connectivity index (χ4n) is 4.96. The topological polar surface area (TPSA) is 94.5 Å². The molecule has 0 unspecified atom stereocenters. The molecule has 7 nitrogen and oxygen atoms in total. The zero-order valence-corrected chi connectivity index (χ0v) is 25.8. The number of aliphatic hydroxyl groups excluding tert-OH is 1. The van der Waals surface area contributed by atoms with E-state index in [9.17, 15) is 15.0 Å². The number of ether oxygens (including phenoxy) is 3.